The highest BCUT2D eigenvalue weighted by Crippen LogP contribution is 2.27. The first-order valence-corrected chi connectivity index (χ1v) is 7.54. The van der Waals surface area contributed by atoms with Gasteiger partial charge in [0.05, 0.1) is 6.61 Å². The molecule has 0 heterocycles. The molecule has 2 atom stereocenters. The van der Waals surface area contributed by atoms with Gasteiger partial charge in [0.1, 0.15) is 5.60 Å². The van der Waals surface area contributed by atoms with Crippen molar-refractivity contribution in [3.05, 3.63) is 12.2 Å². The van der Waals surface area contributed by atoms with Gasteiger partial charge in [0.25, 0.3) is 5.41 Å². The van der Waals surface area contributed by atoms with Gasteiger partial charge in [-0.2, -0.15) is 0 Å². The van der Waals surface area contributed by atoms with E-state index in [9.17, 15) is 19.5 Å². The number of carbonyl (C=O) groups excluding carboxylic acids is 2. The average Bonchev–Trinajstić information content (AvgIpc) is 2.35. The van der Waals surface area contributed by atoms with Crippen LogP contribution in [0.3, 0.4) is 0 Å². The molecular weight excluding hydrogens is 302 g/mol. The topological polar surface area (TPSA) is 116 Å². The molecule has 0 aliphatic heterocycles. The SMILES string of the molecule is CCOC(=O)C(/C=C/CCC(C)N)(C(=O)O)C(=O)OC(C)(C)C. The molecule has 132 valence electrons. The fraction of sp³-hybridized carbons (Fsp3) is 0.688. The number of carbonyl (C=O) groups is 3. The molecule has 0 saturated carbocycles. The van der Waals surface area contributed by atoms with E-state index in [2.05, 4.69) is 0 Å². The molecule has 3 N–H and O–H groups in total. The molecule has 0 amide bonds. The van der Waals surface area contributed by atoms with Crippen LogP contribution in [0.5, 0.6) is 0 Å². The van der Waals surface area contributed by atoms with E-state index in [1.54, 1.807) is 27.7 Å². The molecule has 0 fully saturated rings. The molecule has 0 bridgehead atoms. The Labute approximate surface area is 136 Å². The van der Waals surface area contributed by atoms with Crippen LogP contribution in [0.1, 0.15) is 47.5 Å². The minimum Gasteiger partial charge on any atom is -0.480 e. The van der Waals surface area contributed by atoms with Crippen LogP contribution in [0.25, 0.3) is 0 Å². The first kappa shape index (κ1) is 21.1. The standard InChI is InChI=1S/C16H27NO6/c1-6-22-13(20)16(12(18)19,10-8-7-9-11(2)17)14(21)23-15(3,4)5/h8,10-11H,6-7,9,17H2,1-5H3,(H,18,19)/b10-8+. The van der Waals surface area contributed by atoms with Crippen LogP contribution in [0.15, 0.2) is 12.2 Å². The van der Waals surface area contributed by atoms with Crippen molar-refractivity contribution in [3.63, 3.8) is 0 Å². The summed E-state index contributed by atoms with van der Waals surface area (Å²) in [5.74, 6) is -3.98. The molecule has 0 aromatic heterocycles. The lowest BCUT2D eigenvalue weighted by atomic mass is 9.86. The van der Waals surface area contributed by atoms with Gasteiger partial charge in [0.2, 0.25) is 0 Å². The molecule has 2 unspecified atom stereocenters. The highest BCUT2D eigenvalue weighted by Gasteiger charge is 2.55. The monoisotopic (exact) mass is 329 g/mol. The summed E-state index contributed by atoms with van der Waals surface area (Å²) in [5.41, 5.74) is 2.17. The third-order valence-corrected chi connectivity index (χ3v) is 2.81. The summed E-state index contributed by atoms with van der Waals surface area (Å²) in [4.78, 5) is 36.3. The van der Waals surface area contributed by atoms with Crippen molar-refractivity contribution in [1.82, 2.24) is 0 Å². The molecule has 0 spiro atoms. The Morgan fingerprint density at radius 3 is 2.17 bits per heavy atom. The molecular formula is C16H27NO6. The smallest absolute Gasteiger partial charge is 0.339 e. The zero-order chi connectivity index (χ0) is 18.3. The van der Waals surface area contributed by atoms with Crippen LogP contribution < -0.4 is 5.73 Å². The van der Waals surface area contributed by atoms with Crippen molar-refractivity contribution in [3.8, 4) is 0 Å². The molecule has 0 saturated heterocycles. The van der Waals surface area contributed by atoms with Crippen molar-refractivity contribution in [2.45, 2.75) is 59.1 Å². The molecule has 23 heavy (non-hydrogen) atoms. The Morgan fingerprint density at radius 2 is 1.78 bits per heavy atom. The Hall–Kier alpha value is -1.89. The first-order chi connectivity index (χ1) is 10.5. The van der Waals surface area contributed by atoms with Crippen molar-refractivity contribution in [1.29, 1.82) is 0 Å². The number of hydrogen-bond acceptors (Lipinski definition) is 6. The maximum Gasteiger partial charge on any atom is 0.339 e. The highest BCUT2D eigenvalue weighted by atomic mass is 16.6. The zero-order valence-corrected chi connectivity index (χ0v) is 14.4. The highest BCUT2D eigenvalue weighted by molar-refractivity contribution is 6.19. The quantitative estimate of drug-likeness (QED) is 0.395. The van der Waals surface area contributed by atoms with Crippen LogP contribution in [-0.2, 0) is 23.9 Å². The lowest BCUT2D eigenvalue weighted by molar-refractivity contribution is -0.182. The van der Waals surface area contributed by atoms with Crippen molar-refractivity contribution in [2.24, 2.45) is 11.1 Å². The number of esters is 2. The summed E-state index contributed by atoms with van der Waals surface area (Å²) in [6.07, 6.45) is 3.49. The fourth-order valence-corrected chi connectivity index (χ4v) is 1.69. The number of ether oxygens (including phenoxy) is 2. The van der Waals surface area contributed by atoms with Crippen molar-refractivity contribution < 1.29 is 29.0 Å². The zero-order valence-electron chi connectivity index (χ0n) is 14.4. The van der Waals surface area contributed by atoms with Crippen molar-refractivity contribution >= 4 is 17.9 Å². The predicted octanol–water partition coefficient (Wildman–Crippen LogP) is 1.65. The summed E-state index contributed by atoms with van der Waals surface area (Å²) in [7, 11) is 0. The maximum absolute atomic E-state index is 12.4. The largest absolute Gasteiger partial charge is 0.480 e. The van der Waals surface area contributed by atoms with E-state index in [0.717, 1.165) is 6.08 Å². The molecule has 7 heteroatoms. The molecule has 7 nitrogen and oxygen atoms in total. The molecule has 0 aliphatic carbocycles. The van der Waals surface area contributed by atoms with Gasteiger partial charge >= 0.3 is 17.9 Å². The van der Waals surface area contributed by atoms with Gasteiger partial charge in [-0.1, -0.05) is 6.08 Å². The predicted molar refractivity (Wildman–Crippen MR) is 84.6 cm³/mol. The van der Waals surface area contributed by atoms with E-state index in [1.165, 1.54) is 13.0 Å². The Balaban J connectivity index is 5.66. The fourth-order valence-electron chi connectivity index (χ4n) is 1.69. The Morgan fingerprint density at radius 1 is 1.22 bits per heavy atom. The average molecular weight is 329 g/mol. The Kier molecular flexibility index (Phi) is 7.95. The molecule has 0 aromatic rings. The van der Waals surface area contributed by atoms with Crippen molar-refractivity contribution in [2.75, 3.05) is 6.61 Å². The van der Waals surface area contributed by atoms with Gasteiger partial charge in [-0.05, 0) is 53.5 Å². The number of allylic oxidation sites excluding steroid dienone is 1. The summed E-state index contributed by atoms with van der Waals surface area (Å²) in [5, 5.41) is 9.52. The van der Waals surface area contributed by atoms with Crippen LogP contribution in [-0.4, -0.2) is 41.3 Å². The maximum atomic E-state index is 12.4. The van der Waals surface area contributed by atoms with E-state index < -0.39 is 28.9 Å². The lowest BCUT2D eigenvalue weighted by Gasteiger charge is -2.27. The molecule has 0 rings (SSSR count). The number of hydrogen-bond donors (Lipinski definition) is 2. The number of rotatable bonds is 8. The number of aliphatic carboxylic acids is 1. The summed E-state index contributed by atoms with van der Waals surface area (Å²) in [6.45, 7) is 8.04. The third kappa shape index (κ3) is 6.40. The van der Waals surface area contributed by atoms with Crippen LogP contribution in [0.4, 0.5) is 0 Å². The summed E-state index contributed by atoms with van der Waals surface area (Å²) in [6, 6.07) is -0.0806. The minimum atomic E-state index is -2.51. The van der Waals surface area contributed by atoms with E-state index in [0.29, 0.717) is 12.8 Å². The third-order valence-electron chi connectivity index (χ3n) is 2.81. The summed E-state index contributed by atoms with van der Waals surface area (Å²) < 4.78 is 9.90. The van der Waals surface area contributed by atoms with E-state index >= 15 is 0 Å². The molecule has 0 radical (unpaired) electrons. The second-order valence-electron chi connectivity index (χ2n) is 6.29. The minimum absolute atomic E-state index is 0.0513. The number of carboxylic acid groups (broad SMARTS) is 1. The molecule has 0 aliphatic rings. The van der Waals surface area contributed by atoms with Gasteiger partial charge in [-0.15, -0.1) is 0 Å². The Bertz CT molecular complexity index is 464. The van der Waals surface area contributed by atoms with Crippen LogP contribution in [0, 0.1) is 5.41 Å². The van der Waals surface area contributed by atoms with Gasteiger partial charge in [0.15, 0.2) is 0 Å². The lowest BCUT2D eigenvalue weighted by Crippen LogP contribution is -2.49. The van der Waals surface area contributed by atoms with Gasteiger partial charge in [-0.25, -0.2) is 9.59 Å². The van der Waals surface area contributed by atoms with E-state index in [4.69, 9.17) is 15.2 Å². The van der Waals surface area contributed by atoms with Crippen LogP contribution in [0.2, 0.25) is 0 Å². The van der Waals surface area contributed by atoms with E-state index in [-0.39, 0.29) is 12.6 Å². The van der Waals surface area contributed by atoms with Gasteiger partial charge in [-0.3, -0.25) is 4.79 Å². The number of carboxylic acids is 1. The van der Waals surface area contributed by atoms with Gasteiger partial charge < -0.3 is 20.3 Å². The van der Waals surface area contributed by atoms with Crippen LogP contribution >= 0.6 is 0 Å². The second-order valence-corrected chi connectivity index (χ2v) is 6.29. The molecule has 0 aromatic carbocycles. The number of nitrogens with two attached hydrogens (primary N) is 1. The second kappa shape index (κ2) is 8.67. The van der Waals surface area contributed by atoms with E-state index in [1.807, 2.05) is 0 Å². The normalized spacial score (nSPS) is 15.7. The first-order valence-electron chi connectivity index (χ1n) is 7.54. The summed E-state index contributed by atoms with van der Waals surface area (Å²) >= 11 is 0. The van der Waals surface area contributed by atoms with Gasteiger partial charge in [0, 0.05) is 6.04 Å².